The Balaban J connectivity index is 1.39. The highest BCUT2D eigenvalue weighted by Crippen LogP contribution is 2.34. The Kier molecular flexibility index (Phi) is 6.13. The van der Waals surface area contributed by atoms with Crippen LogP contribution < -0.4 is 10.2 Å². The summed E-state index contributed by atoms with van der Waals surface area (Å²) in [5.74, 6) is -2.05. The molecule has 0 saturated carbocycles. The van der Waals surface area contributed by atoms with Crippen LogP contribution in [0.5, 0.6) is 0 Å². The van der Waals surface area contributed by atoms with E-state index in [4.69, 9.17) is 4.52 Å². The van der Waals surface area contributed by atoms with Crippen molar-refractivity contribution in [3.63, 3.8) is 0 Å². The number of carbonyl (C=O) groups is 3. The lowest BCUT2D eigenvalue weighted by molar-refractivity contribution is -0.145. The summed E-state index contributed by atoms with van der Waals surface area (Å²) in [4.78, 5) is 48.3. The predicted molar refractivity (Wildman–Crippen MR) is 133 cm³/mol. The summed E-state index contributed by atoms with van der Waals surface area (Å²) in [6.07, 6.45) is 1.54. The Labute approximate surface area is 216 Å². The molecule has 1 saturated heterocycles. The molecule has 1 aliphatic heterocycles. The zero-order valence-electron chi connectivity index (χ0n) is 21.2. The third-order valence-corrected chi connectivity index (χ3v) is 6.23. The van der Waals surface area contributed by atoms with Crippen LogP contribution in [0.4, 0.5) is 10.2 Å². The number of nitrogens with zero attached hydrogens (tertiary/aromatic N) is 6. The van der Waals surface area contributed by atoms with Crippen molar-refractivity contribution in [1.29, 1.82) is 0 Å². The van der Waals surface area contributed by atoms with Gasteiger partial charge in [-0.05, 0) is 23.3 Å². The first-order valence-corrected chi connectivity index (χ1v) is 11.9. The topological polar surface area (TPSA) is 150 Å². The van der Waals surface area contributed by atoms with Gasteiger partial charge in [-0.25, -0.2) is 9.37 Å². The van der Waals surface area contributed by atoms with E-state index in [0.29, 0.717) is 34.5 Å². The zero-order chi connectivity index (χ0) is 27.2. The summed E-state index contributed by atoms with van der Waals surface area (Å²) in [6.45, 7) is 6.19. The number of rotatable bonds is 5. The van der Waals surface area contributed by atoms with Crippen LogP contribution in [0.2, 0.25) is 0 Å². The number of pyridine rings is 1. The van der Waals surface area contributed by atoms with E-state index in [1.54, 1.807) is 31.4 Å². The molecule has 4 aromatic rings. The minimum Gasteiger partial charge on any atom is -0.344 e. The van der Waals surface area contributed by atoms with Gasteiger partial charge in [0.15, 0.2) is 17.3 Å². The number of halogens is 1. The number of aromatic nitrogens is 5. The fourth-order valence-electron chi connectivity index (χ4n) is 4.03. The standard InChI is InChI=1S/C25H25FN8O4/c1-25(2,3)24-29-21(38-32-24)20(35)28-12-14-6-5-13(11-16(14)26)15-7-8-27-18-17(15)19(31-30-18)34-10-9-33(4)22(36)23(34)37/h5-8,11H,9-10,12H2,1-4H3,(H,28,35)(H,27,30,31). The number of H-pyrrole nitrogens is 1. The maximum absolute atomic E-state index is 15.1. The highest BCUT2D eigenvalue weighted by atomic mass is 19.1. The van der Waals surface area contributed by atoms with Crippen LogP contribution in [0.15, 0.2) is 35.0 Å². The average molecular weight is 521 g/mol. The van der Waals surface area contributed by atoms with Crippen LogP contribution in [0.1, 0.15) is 42.8 Å². The van der Waals surface area contributed by atoms with Gasteiger partial charge in [0.25, 0.3) is 0 Å². The van der Waals surface area contributed by atoms with Gasteiger partial charge in [0.1, 0.15) is 5.82 Å². The first-order chi connectivity index (χ1) is 18.0. The van der Waals surface area contributed by atoms with Gasteiger partial charge in [0.05, 0.1) is 5.39 Å². The average Bonchev–Trinajstić information content (AvgIpc) is 3.55. The number of hydrogen-bond acceptors (Lipinski definition) is 8. The van der Waals surface area contributed by atoms with Crippen molar-refractivity contribution >= 4 is 34.6 Å². The highest BCUT2D eigenvalue weighted by Gasteiger charge is 2.34. The monoisotopic (exact) mass is 520 g/mol. The molecule has 4 heterocycles. The molecule has 1 fully saturated rings. The normalized spacial score (nSPS) is 14.4. The van der Waals surface area contributed by atoms with Crippen LogP contribution in [0, 0.1) is 5.82 Å². The van der Waals surface area contributed by atoms with Gasteiger partial charge in [-0.2, -0.15) is 10.1 Å². The summed E-state index contributed by atoms with van der Waals surface area (Å²) in [6, 6.07) is 6.25. The molecule has 0 radical (unpaired) electrons. The summed E-state index contributed by atoms with van der Waals surface area (Å²) < 4.78 is 20.2. The van der Waals surface area contributed by atoms with Crippen LogP contribution in [-0.2, 0) is 21.5 Å². The highest BCUT2D eigenvalue weighted by molar-refractivity contribution is 6.41. The van der Waals surface area contributed by atoms with E-state index < -0.39 is 23.5 Å². The molecule has 0 bridgehead atoms. The summed E-state index contributed by atoms with van der Waals surface area (Å²) in [7, 11) is 1.56. The second-order valence-electron chi connectivity index (χ2n) is 9.97. The molecule has 3 amide bonds. The molecule has 0 spiro atoms. The predicted octanol–water partition coefficient (Wildman–Crippen LogP) is 2.18. The Hall–Kier alpha value is -4.68. The van der Waals surface area contributed by atoms with Gasteiger partial charge in [-0.3, -0.25) is 24.4 Å². The molecule has 1 aromatic carbocycles. The van der Waals surface area contributed by atoms with Crippen molar-refractivity contribution < 1.29 is 23.3 Å². The van der Waals surface area contributed by atoms with Crippen molar-refractivity contribution in [2.75, 3.05) is 25.0 Å². The molecule has 12 nitrogen and oxygen atoms in total. The number of anilines is 1. The number of benzene rings is 1. The smallest absolute Gasteiger partial charge is 0.317 e. The van der Waals surface area contributed by atoms with Gasteiger partial charge >= 0.3 is 23.6 Å². The van der Waals surface area contributed by atoms with Crippen LogP contribution >= 0.6 is 0 Å². The SMILES string of the molecule is CN1CCN(c2n[nH]c3nccc(-c4ccc(CNC(=O)c5nc(C(C)(C)C)no5)c(F)c4)c23)C(=O)C1=O. The zero-order valence-corrected chi connectivity index (χ0v) is 21.2. The van der Waals surface area contributed by atoms with E-state index in [2.05, 4.69) is 30.6 Å². The van der Waals surface area contributed by atoms with Gasteiger partial charge < -0.3 is 14.7 Å². The minimum absolute atomic E-state index is 0.0984. The fraction of sp³-hybridized carbons (Fsp3) is 0.320. The van der Waals surface area contributed by atoms with Gasteiger partial charge in [-0.15, -0.1) is 0 Å². The number of carbonyl (C=O) groups excluding carboxylic acids is 3. The number of fused-ring (bicyclic) bond motifs is 1. The molecule has 196 valence electrons. The fourth-order valence-corrected chi connectivity index (χ4v) is 4.03. The lowest BCUT2D eigenvalue weighted by atomic mass is 9.96. The molecule has 2 N–H and O–H groups in total. The van der Waals surface area contributed by atoms with Crippen molar-refractivity contribution in [2.45, 2.75) is 32.7 Å². The second kappa shape index (κ2) is 9.32. The van der Waals surface area contributed by atoms with Gasteiger partial charge in [0, 0.05) is 43.9 Å². The molecule has 13 heteroatoms. The Morgan fingerprint density at radius 3 is 2.68 bits per heavy atom. The lowest BCUT2D eigenvalue weighted by Gasteiger charge is -2.30. The van der Waals surface area contributed by atoms with E-state index in [1.165, 1.54) is 15.9 Å². The van der Waals surface area contributed by atoms with Crippen LogP contribution in [0.25, 0.3) is 22.2 Å². The van der Waals surface area contributed by atoms with Gasteiger partial charge in [-0.1, -0.05) is 38.1 Å². The Morgan fingerprint density at radius 1 is 1.18 bits per heavy atom. The molecular formula is C25H25FN8O4. The van der Waals surface area contributed by atoms with E-state index in [0.717, 1.165) is 0 Å². The van der Waals surface area contributed by atoms with E-state index >= 15 is 4.39 Å². The molecule has 3 aromatic heterocycles. The molecule has 0 aliphatic carbocycles. The van der Waals surface area contributed by atoms with E-state index in [9.17, 15) is 14.4 Å². The Bertz CT molecular complexity index is 1570. The third kappa shape index (κ3) is 4.46. The Morgan fingerprint density at radius 2 is 1.97 bits per heavy atom. The molecule has 1 aliphatic rings. The van der Waals surface area contributed by atoms with Crippen LogP contribution in [0.3, 0.4) is 0 Å². The van der Waals surface area contributed by atoms with Crippen molar-refractivity contribution in [1.82, 2.24) is 35.5 Å². The molecule has 0 unspecified atom stereocenters. The van der Waals surface area contributed by atoms with E-state index in [1.807, 2.05) is 20.8 Å². The maximum atomic E-state index is 15.1. The number of nitrogens with one attached hydrogen (secondary N) is 2. The van der Waals surface area contributed by atoms with Crippen LogP contribution in [-0.4, -0.2) is 68.1 Å². The minimum atomic E-state index is -0.699. The number of amides is 3. The molecule has 0 atom stereocenters. The number of aromatic amines is 1. The molecular weight excluding hydrogens is 495 g/mol. The quantitative estimate of drug-likeness (QED) is 0.380. The first kappa shape index (κ1) is 25.0. The molecule has 38 heavy (non-hydrogen) atoms. The second-order valence-corrected chi connectivity index (χ2v) is 9.97. The summed E-state index contributed by atoms with van der Waals surface area (Å²) in [5.41, 5.74) is 1.34. The van der Waals surface area contributed by atoms with Crippen molar-refractivity contribution in [3.8, 4) is 11.1 Å². The van der Waals surface area contributed by atoms with Crippen molar-refractivity contribution in [3.05, 3.63) is 53.6 Å². The lowest BCUT2D eigenvalue weighted by Crippen LogP contribution is -2.53. The largest absolute Gasteiger partial charge is 0.344 e. The molecule has 5 rings (SSSR count). The first-order valence-electron chi connectivity index (χ1n) is 11.9. The van der Waals surface area contributed by atoms with E-state index in [-0.39, 0.29) is 35.8 Å². The summed E-state index contributed by atoms with van der Waals surface area (Å²) >= 11 is 0. The number of piperazine rings is 1. The van der Waals surface area contributed by atoms with Gasteiger partial charge in [0.2, 0.25) is 0 Å². The maximum Gasteiger partial charge on any atom is 0.317 e. The third-order valence-electron chi connectivity index (χ3n) is 6.23. The summed E-state index contributed by atoms with van der Waals surface area (Å²) in [5, 5.41) is 13.9. The number of hydrogen-bond donors (Lipinski definition) is 2. The van der Waals surface area contributed by atoms with Crippen molar-refractivity contribution in [2.24, 2.45) is 0 Å². The number of likely N-dealkylation sites (N-methyl/N-ethyl adjacent to an activating group) is 1.